The zero-order valence-corrected chi connectivity index (χ0v) is 11.7. The summed E-state index contributed by atoms with van der Waals surface area (Å²) in [7, 11) is 0. The number of rotatable bonds is 4. The third-order valence-corrected chi connectivity index (χ3v) is 2.71. The summed E-state index contributed by atoms with van der Waals surface area (Å²) in [6.45, 7) is 8.22. The lowest BCUT2D eigenvalue weighted by atomic mass is 10.1. The van der Waals surface area contributed by atoms with Crippen LogP contribution in [-0.4, -0.2) is 21.2 Å². The van der Waals surface area contributed by atoms with Gasteiger partial charge in [-0.15, -0.1) is 5.10 Å². The lowest BCUT2D eigenvalue weighted by Crippen LogP contribution is -2.12. The molecule has 2 aromatic rings. The maximum Gasteiger partial charge on any atom is 0.249 e. The van der Waals surface area contributed by atoms with E-state index < -0.39 is 0 Å². The van der Waals surface area contributed by atoms with E-state index in [-0.39, 0.29) is 0 Å². The Hall–Kier alpha value is -2.17. The van der Waals surface area contributed by atoms with Crippen LogP contribution in [0.3, 0.4) is 0 Å². The van der Waals surface area contributed by atoms with Gasteiger partial charge in [-0.1, -0.05) is 18.2 Å². The highest BCUT2D eigenvalue weighted by atomic mass is 15.3. The molecule has 0 saturated carbocycles. The van der Waals surface area contributed by atoms with Gasteiger partial charge in [0, 0.05) is 11.7 Å². The van der Waals surface area contributed by atoms with Crippen LogP contribution in [0.2, 0.25) is 0 Å². The van der Waals surface area contributed by atoms with Gasteiger partial charge in [0.15, 0.2) is 5.82 Å². The van der Waals surface area contributed by atoms with Crippen molar-refractivity contribution in [2.24, 2.45) is 0 Å². The number of hydrogen-bond donors (Lipinski definition) is 2. The summed E-state index contributed by atoms with van der Waals surface area (Å²) in [6.07, 6.45) is 1.62. The van der Waals surface area contributed by atoms with Crippen LogP contribution in [0, 0.1) is 13.8 Å². The molecule has 0 amide bonds. The summed E-state index contributed by atoms with van der Waals surface area (Å²) in [5, 5.41) is 14.4. The van der Waals surface area contributed by atoms with Crippen molar-refractivity contribution >= 4 is 17.5 Å². The average molecular weight is 257 g/mol. The Morgan fingerprint density at radius 2 is 1.79 bits per heavy atom. The Balaban J connectivity index is 2.24. The first-order chi connectivity index (χ1) is 9.06. The first kappa shape index (κ1) is 13.3. The molecule has 2 rings (SSSR count). The first-order valence-electron chi connectivity index (χ1n) is 6.36. The summed E-state index contributed by atoms with van der Waals surface area (Å²) in [5.41, 5.74) is 3.35. The van der Waals surface area contributed by atoms with E-state index in [1.54, 1.807) is 6.20 Å². The van der Waals surface area contributed by atoms with E-state index in [9.17, 15) is 0 Å². The van der Waals surface area contributed by atoms with Crippen molar-refractivity contribution in [2.75, 3.05) is 10.6 Å². The van der Waals surface area contributed by atoms with E-state index >= 15 is 0 Å². The van der Waals surface area contributed by atoms with Crippen molar-refractivity contribution < 1.29 is 0 Å². The normalized spacial score (nSPS) is 10.6. The van der Waals surface area contributed by atoms with Crippen molar-refractivity contribution in [3.05, 3.63) is 35.5 Å². The summed E-state index contributed by atoms with van der Waals surface area (Å²) < 4.78 is 0. The van der Waals surface area contributed by atoms with Gasteiger partial charge in [-0.25, -0.2) is 0 Å². The van der Waals surface area contributed by atoms with Gasteiger partial charge >= 0.3 is 0 Å². The molecule has 19 heavy (non-hydrogen) atoms. The van der Waals surface area contributed by atoms with Crippen LogP contribution in [0.15, 0.2) is 24.4 Å². The molecule has 0 aliphatic rings. The van der Waals surface area contributed by atoms with Gasteiger partial charge in [0.2, 0.25) is 5.95 Å². The lowest BCUT2D eigenvalue weighted by molar-refractivity contribution is 0.873. The predicted molar refractivity (Wildman–Crippen MR) is 77.8 cm³/mol. The van der Waals surface area contributed by atoms with Crippen LogP contribution < -0.4 is 10.6 Å². The molecule has 100 valence electrons. The van der Waals surface area contributed by atoms with Crippen molar-refractivity contribution in [1.82, 2.24) is 15.2 Å². The highest BCUT2D eigenvalue weighted by Gasteiger charge is 2.06. The molecule has 0 saturated heterocycles. The van der Waals surface area contributed by atoms with Gasteiger partial charge < -0.3 is 10.6 Å². The van der Waals surface area contributed by atoms with E-state index in [4.69, 9.17) is 0 Å². The molecule has 0 unspecified atom stereocenters. The van der Waals surface area contributed by atoms with Crippen molar-refractivity contribution in [3.63, 3.8) is 0 Å². The molecule has 1 aromatic heterocycles. The molecule has 0 aliphatic carbocycles. The molecule has 1 heterocycles. The Kier molecular flexibility index (Phi) is 3.94. The maximum absolute atomic E-state index is 4.39. The summed E-state index contributed by atoms with van der Waals surface area (Å²) in [4.78, 5) is 4.39. The zero-order valence-electron chi connectivity index (χ0n) is 11.7. The number of nitrogens with zero attached hydrogens (tertiary/aromatic N) is 3. The van der Waals surface area contributed by atoms with Crippen molar-refractivity contribution in [2.45, 2.75) is 33.7 Å². The van der Waals surface area contributed by atoms with Gasteiger partial charge in [0.25, 0.3) is 0 Å². The molecular weight excluding hydrogens is 238 g/mol. The van der Waals surface area contributed by atoms with Crippen LogP contribution in [0.1, 0.15) is 25.0 Å². The zero-order chi connectivity index (χ0) is 13.8. The van der Waals surface area contributed by atoms with E-state index in [2.05, 4.69) is 65.6 Å². The van der Waals surface area contributed by atoms with Gasteiger partial charge in [-0.05, 0) is 38.8 Å². The van der Waals surface area contributed by atoms with Gasteiger partial charge in [0.1, 0.15) is 0 Å². The summed E-state index contributed by atoms with van der Waals surface area (Å²) in [5.74, 6) is 1.22. The van der Waals surface area contributed by atoms with Gasteiger partial charge in [-0.2, -0.15) is 10.1 Å². The fourth-order valence-electron chi connectivity index (χ4n) is 1.85. The predicted octanol–water partition coefficient (Wildman–Crippen LogP) is 3.05. The molecular formula is C14H19N5. The number of anilines is 3. The minimum atomic E-state index is 0.310. The van der Waals surface area contributed by atoms with E-state index in [0.29, 0.717) is 12.0 Å². The SMILES string of the molecule is Cc1cccc(C)c1Nc1nncc(NC(C)C)n1. The Morgan fingerprint density at radius 1 is 1.11 bits per heavy atom. The average Bonchev–Trinajstić information content (AvgIpc) is 2.34. The molecule has 2 N–H and O–H groups in total. The second kappa shape index (κ2) is 5.65. The molecule has 1 aromatic carbocycles. The van der Waals surface area contributed by atoms with E-state index in [1.807, 2.05) is 6.07 Å². The number of benzene rings is 1. The monoisotopic (exact) mass is 257 g/mol. The molecule has 0 spiro atoms. The Morgan fingerprint density at radius 3 is 2.42 bits per heavy atom. The second-order valence-electron chi connectivity index (χ2n) is 4.86. The molecule has 5 heteroatoms. The van der Waals surface area contributed by atoms with E-state index in [1.165, 1.54) is 0 Å². The smallest absolute Gasteiger partial charge is 0.249 e. The third-order valence-electron chi connectivity index (χ3n) is 2.71. The van der Waals surface area contributed by atoms with Crippen LogP contribution in [0.25, 0.3) is 0 Å². The summed E-state index contributed by atoms with van der Waals surface area (Å²) in [6, 6.07) is 6.45. The molecule has 0 aliphatic heterocycles. The fraction of sp³-hybridized carbons (Fsp3) is 0.357. The minimum absolute atomic E-state index is 0.310. The van der Waals surface area contributed by atoms with Crippen LogP contribution in [0.4, 0.5) is 17.5 Å². The highest BCUT2D eigenvalue weighted by Crippen LogP contribution is 2.22. The third kappa shape index (κ3) is 3.40. The summed E-state index contributed by atoms with van der Waals surface area (Å²) >= 11 is 0. The number of aryl methyl sites for hydroxylation is 2. The van der Waals surface area contributed by atoms with Crippen molar-refractivity contribution in [1.29, 1.82) is 0 Å². The second-order valence-corrected chi connectivity index (χ2v) is 4.86. The minimum Gasteiger partial charge on any atom is -0.366 e. The largest absolute Gasteiger partial charge is 0.366 e. The molecule has 0 atom stereocenters. The van der Waals surface area contributed by atoms with Crippen LogP contribution >= 0.6 is 0 Å². The number of hydrogen-bond acceptors (Lipinski definition) is 5. The fourth-order valence-corrected chi connectivity index (χ4v) is 1.85. The van der Waals surface area contributed by atoms with Gasteiger partial charge in [-0.3, -0.25) is 0 Å². The first-order valence-corrected chi connectivity index (χ1v) is 6.36. The topological polar surface area (TPSA) is 62.7 Å². The Bertz CT molecular complexity index is 545. The molecule has 0 bridgehead atoms. The maximum atomic E-state index is 4.39. The van der Waals surface area contributed by atoms with Crippen molar-refractivity contribution in [3.8, 4) is 0 Å². The lowest BCUT2D eigenvalue weighted by Gasteiger charge is -2.12. The Labute approximate surface area is 113 Å². The number of nitrogens with one attached hydrogen (secondary N) is 2. The molecule has 0 fully saturated rings. The van der Waals surface area contributed by atoms with Crippen LogP contribution in [0.5, 0.6) is 0 Å². The molecule has 5 nitrogen and oxygen atoms in total. The van der Waals surface area contributed by atoms with E-state index in [0.717, 1.165) is 22.6 Å². The van der Waals surface area contributed by atoms with Crippen LogP contribution in [-0.2, 0) is 0 Å². The quantitative estimate of drug-likeness (QED) is 0.881. The number of para-hydroxylation sites is 1. The standard InChI is InChI=1S/C14H19N5/c1-9(2)16-12-8-15-19-14(17-12)18-13-10(3)6-5-7-11(13)4/h5-9H,1-4H3,(H2,16,17,18,19). The highest BCUT2D eigenvalue weighted by molar-refractivity contribution is 5.63. The number of aromatic nitrogens is 3. The van der Waals surface area contributed by atoms with Gasteiger partial charge in [0.05, 0.1) is 6.20 Å². The molecule has 0 radical (unpaired) electrons.